The van der Waals surface area contributed by atoms with Gasteiger partial charge in [0.1, 0.15) is 0 Å². The Morgan fingerprint density at radius 2 is 1.60 bits per heavy atom. The van der Waals surface area contributed by atoms with Crippen molar-refractivity contribution >= 4 is 15.2 Å². The van der Waals surface area contributed by atoms with Gasteiger partial charge in [-0.15, -0.1) is 0 Å². The molecular formula is C10H23NO7P2. The van der Waals surface area contributed by atoms with Gasteiger partial charge in [-0.2, -0.15) is 0 Å². The fourth-order valence-corrected chi connectivity index (χ4v) is 4.97. The number of aliphatic hydroxyl groups is 1. The third-order valence-corrected chi connectivity index (χ3v) is 7.94. The van der Waals surface area contributed by atoms with E-state index in [0.29, 0.717) is 0 Å². The average Bonchev–Trinajstić information content (AvgIpc) is 2.33. The van der Waals surface area contributed by atoms with Crippen molar-refractivity contribution in [1.82, 2.24) is 5.32 Å². The summed E-state index contributed by atoms with van der Waals surface area (Å²) < 4.78 is 22.5. The van der Waals surface area contributed by atoms with Crippen molar-refractivity contribution in [2.75, 3.05) is 7.05 Å². The largest absolute Gasteiger partial charge is 0.369 e. The fourth-order valence-electron chi connectivity index (χ4n) is 2.77. The molecule has 20 heavy (non-hydrogen) atoms. The van der Waals surface area contributed by atoms with E-state index in [1.807, 2.05) is 0 Å². The van der Waals surface area contributed by atoms with Gasteiger partial charge in [-0.05, 0) is 32.2 Å². The molecule has 10 heteroatoms. The predicted molar refractivity (Wildman–Crippen MR) is 73.1 cm³/mol. The van der Waals surface area contributed by atoms with Crippen LogP contribution in [0.4, 0.5) is 0 Å². The second-order valence-electron chi connectivity index (χ2n) is 5.34. The van der Waals surface area contributed by atoms with Crippen LogP contribution in [0.2, 0.25) is 0 Å². The molecule has 0 heterocycles. The molecule has 1 fully saturated rings. The summed E-state index contributed by atoms with van der Waals surface area (Å²) in [6.07, 6.45) is 3.26. The summed E-state index contributed by atoms with van der Waals surface area (Å²) in [6.45, 7) is 0. The Morgan fingerprint density at radius 1 is 1.10 bits per heavy atom. The zero-order valence-electron chi connectivity index (χ0n) is 11.3. The molecule has 0 spiro atoms. The normalized spacial score (nSPS) is 25.7. The van der Waals surface area contributed by atoms with Gasteiger partial charge in [0.2, 0.25) is 0 Å². The van der Waals surface area contributed by atoms with E-state index in [9.17, 15) is 14.2 Å². The first-order valence-corrected chi connectivity index (χ1v) is 9.76. The van der Waals surface area contributed by atoms with Crippen LogP contribution in [-0.4, -0.2) is 42.9 Å². The number of hydrogen-bond donors (Lipinski definition) is 6. The smallest absolute Gasteiger partial charge is 0.368 e. The highest BCUT2D eigenvalue weighted by Crippen LogP contribution is 2.69. The van der Waals surface area contributed by atoms with E-state index in [1.54, 1.807) is 7.05 Å². The molecule has 120 valence electrons. The van der Waals surface area contributed by atoms with Crippen LogP contribution >= 0.6 is 15.2 Å². The minimum Gasteiger partial charge on any atom is -0.368 e. The first-order valence-electron chi connectivity index (χ1n) is 6.54. The second-order valence-corrected chi connectivity index (χ2v) is 9.35. The maximum Gasteiger partial charge on any atom is 0.369 e. The maximum atomic E-state index is 11.3. The van der Waals surface area contributed by atoms with Gasteiger partial charge in [0.25, 0.3) is 5.08 Å². The van der Waals surface area contributed by atoms with Gasteiger partial charge in [-0.1, -0.05) is 12.8 Å². The summed E-state index contributed by atoms with van der Waals surface area (Å²) >= 11 is 0. The summed E-state index contributed by atoms with van der Waals surface area (Å²) in [5.74, 6) is 0.0402. The molecule has 0 saturated heterocycles. The Balaban J connectivity index is 2.83. The molecule has 8 nitrogen and oxygen atoms in total. The lowest BCUT2D eigenvalue weighted by atomic mass is 9.82. The lowest BCUT2D eigenvalue weighted by Gasteiger charge is -2.35. The van der Waals surface area contributed by atoms with Crippen LogP contribution in [0.15, 0.2) is 0 Å². The molecule has 2 unspecified atom stereocenters. The topological polar surface area (TPSA) is 147 Å². The molecule has 0 aromatic heterocycles. The lowest BCUT2D eigenvalue weighted by molar-refractivity contribution is 0.109. The molecule has 6 N–H and O–H groups in total. The van der Waals surface area contributed by atoms with Crippen LogP contribution in [-0.2, 0) is 9.13 Å². The molecule has 0 amide bonds. The molecule has 1 saturated carbocycles. The number of hydrogen-bond acceptors (Lipinski definition) is 4. The van der Waals surface area contributed by atoms with E-state index < -0.39 is 26.7 Å². The van der Waals surface area contributed by atoms with Crippen molar-refractivity contribution in [2.45, 2.75) is 49.6 Å². The number of rotatable bonds is 6. The minimum atomic E-state index is -5.33. The number of nitrogens with one attached hydrogen (secondary N) is 1. The molecule has 0 aliphatic heterocycles. The van der Waals surface area contributed by atoms with Gasteiger partial charge < -0.3 is 30.0 Å². The molecule has 0 radical (unpaired) electrons. The molecular weight excluding hydrogens is 308 g/mol. The highest BCUT2D eigenvalue weighted by Gasteiger charge is 2.59. The zero-order valence-corrected chi connectivity index (χ0v) is 13.1. The molecule has 0 aromatic rings. The van der Waals surface area contributed by atoms with Gasteiger partial charge in [0.05, 0.1) is 0 Å². The van der Waals surface area contributed by atoms with E-state index in [2.05, 4.69) is 5.32 Å². The highest BCUT2D eigenvalue weighted by atomic mass is 31.2. The van der Waals surface area contributed by atoms with Gasteiger partial charge in [-0.3, -0.25) is 9.13 Å². The predicted octanol–water partition coefficient (Wildman–Crippen LogP) is 0.546. The van der Waals surface area contributed by atoms with Gasteiger partial charge in [-0.25, -0.2) is 0 Å². The van der Waals surface area contributed by atoms with Crippen LogP contribution in [0, 0.1) is 5.92 Å². The second kappa shape index (κ2) is 6.55. The summed E-state index contributed by atoms with van der Waals surface area (Å²) in [4.78, 5) is 36.3. The van der Waals surface area contributed by atoms with Gasteiger partial charge in [0, 0.05) is 12.5 Å². The summed E-state index contributed by atoms with van der Waals surface area (Å²) in [6, 6.07) is 0.140. The van der Waals surface area contributed by atoms with Crippen LogP contribution in [0.1, 0.15) is 38.5 Å². The molecule has 1 rings (SSSR count). The van der Waals surface area contributed by atoms with Gasteiger partial charge in [0.15, 0.2) is 0 Å². The van der Waals surface area contributed by atoms with Crippen LogP contribution in [0.3, 0.4) is 0 Å². The summed E-state index contributed by atoms with van der Waals surface area (Å²) in [7, 11) is -8.89. The van der Waals surface area contributed by atoms with Gasteiger partial charge >= 0.3 is 15.2 Å². The fraction of sp³-hybridized carbons (Fsp3) is 1.00. The van der Waals surface area contributed by atoms with E-state index in [1.165, 1.54) is 0 Å². The van der Waals surface area contributed by atoms with Crippen LogP contribution in [0.25, 0.3) is 0 Å². The van der Waals surface area contributed by atoms with Crippen LogP contribution in [0.5, 0.6) is 0 Å². The van der Waals surface area contributed by atoms with Crippen molar-refractivity contribution in [2.24, 2.45) is 5.92 Å². The SMILES string of the molecule is CNC1CCCCC1CCC(O)(P(=O)(O)O)P(=O)(O)O. The standard InChI is InChI=1S/C10H23NO7P2/c1-11-9-5-3-2-4-8(9)6-7-10(12,19(13,14)15)20(16,17)18/h8-9,11-12H,2-7H2,1H3,(H2,13,14,15)(H2,16,17,18). The zero-order chi connectivity index (χ0) is 15.6. The summed E-state index contributed by atoms with van der Waals surface area (Å²) in [5.41, 5.74) is 0. The Kier molecular flexibility index (Phi) is 5.98. The monoisotopic (exact) mass is 331 g/mol. The van der Waals surface area contributed by atoms with Crippen molar-refractivity contribution in [3.8, 4) is 0 Å². The Morgan fingerprint density at radius 3 is 2.05 bits per heavy atom. The molecule has 0 bridgehead atoms. The Bertz CT molecular complexity index is 396. The quantitative estimate of drug-likeness (QED) is 0.387. The van der Waals surface area contributed by atoms with Crippen molar-refractivity contribution in [3.05, 3.63) is 0 Å². The average molecular weight is 331 g/mol. The van der Waals surface area contributed by atoms with E-state index in [4.69, 9.17) is 19.6 Å². The van der Waals surface area contributed by atoms with Crippen molar-refractivity contribution in [3.63, 3.8) is 0 Å². The van der Waals surface area contributed by atoms with E-state index in [0.717, 1.165) is 25.7 Å². The van der Waals surface area contributed by atoms with E-state index >= 15 is 0 Å². The third-order valence-electron chi connectivity index (χ3n) is 4.06. The molecule has 1 aliphatic carbocycles. The maximum absolute atomic E-state index is 11.3. The Labute approximate surface area is 117 Å². The van der Waals surface area contributed by atoms with Crippen molar-refractivity contribution in [1.29, 1.82) is 0 Å². The van der Waals surface area contributed by atoms with E-state index in [-0.39, 0.29) is 18.4 Å². The van der Waals surface area contributed by atoms with Crippen LogP contribution < -0.4 is 5.32 Å². The molecule has 0 aromatic carbocycles. The van der Waals surface area contributed by atoms with Crippen molar-refractivity contribution < 1.29 is 33.8 Å². The molecule has 2 atom stereocenters. The summed E-state index contributed by atoms with van der Waals surface area (Å²) in [5, 5.41) is 9.64. The minimum absolute atomic E-state index is 0.0402. The first kappa shape index (κ1) is 18.3. The highest BCUT2D eigenvalue weighted by molar-refractivity contribution is 7.72. The Hall–Kier alpha value is 0.220. The lowest BCUT2D eigenvalue weighted by Crippen LogP contribution is -2.38. The third kappa shape index (κ3) is 3.90. The first-order chi connectivity index (χ1) is 9.03. The molecule has 1 aliphatic rings.